The maximum atomic E-state index is 11.2. The number of benzene rings is 1. The second-order valence-electron chi connectivity index (χ2n) is 3.99. The number of carbonyl (C=O) groups excluding carboxylic acids is 1. The van der Waals surface area contributed by atoms with Crippen LogP contribution in [-0.2, 0) is 9.59 Å². The van der Waals surface area contributed by atoms with Crippen molar-refractivity contribution in [3.8, 4) is 5.75 Å². The standard InChI is InChI=1S/C11H12O4.C4H11N/c12-10(13)7-4-8-11(14)15-9-5-2-1-3-6-9;1-3-5-4-2/h1-3,5-6H,4,7-8H2,(H,12,13);5H,3-4H2,1-2H3. The predicted octanol–water partition coefficient (Wildman–Crippen LogP) is 2.46. The topological polar surface area (TPSA) is 75.6 Å². The number of carboxylic acids is 1. The van der Waals surface area contributed by atoms with Gasteiger partial charge in [0.05, 0.1) is 0 Å². The Morgan fingerprint density at radius 2 is 1.70 bits per heavy atom. The van der Waals surface area contributed by atoms with E-state index >= 15 is 0 Å². The van der Waals surface area contributed by atoms with Crippen molar-refractivity contribution in [2.75, 3.05) is 13.1 Å². The molecule has 0 aromatic heterocycles. The van der Waals surface area contributed by atoms with Crippen LogP contribution in [0.2, 0.25) is 0 Å². The highest BCUT2D eigenvalue weighted by Gasteiger charge is 2.05. The highest BCUT2D eigenvalue weighted by Crippen LogP contribution is 2.10. The molecular formula is C15H23NO4. The summed E-state index contributed by atoms with van der Waals surface area (Å²) in [6, 6.07) is 8.70. The van der Waals surface area contributed by atoms with E-state index in [1.165, 1.54) is 0 Å². The van der Waals surface area contributed by atoms with Crippen molar-refractivity contribution in [3.05, 3.63) is 30.3 Å². The average Bonchev–Trinajstić information content (AvgIpc) is 2.41. The van der Waals surface area contributed by atoms with Gasteiger partial charge in [-0.05, 0) is 31.6 Å². The lowest BCUT2D eigenvalue weighted by atomic mass is 10.2. The van der Waals surface area contributed by atoms with Crippen LogP contribution in [0.25, 0.3) is 0 Å². The molecule has 0 unspecified atom stereocenters. The van der Waals surface area contributed by atoms with Gasteiger partial charge in [0.15, 0.2) is 0 Å². The summed E-state index contributed by atoms with van der Waals surface area (Å²) in [5, 5.41) is 11.5. The number of carboxylic acid groups (broad SMARTS) is 1. The molecule has 1 rings (SSSR count). The summed E-state index contributed by atoms with van der Waals surface area (Å²) in [5.74, 6) is -0.817. The summed E-state index contributed by atoms with van der Waals surface area (Å²) in [4.78, 5) is 21.4. The largest absolute Gasteiger partial charge is 0.481 e. The molecule has 0 bridgehead atoms. The monoisotopic (exact) mass is 281 g/mol. The molecule has 0 spiro atoms. The first-order valence-corrected chi connectivity index (χ1v) is 6.78. The zero-order chi connectivity index (χ0) is 15.2. The molecule has 5 heteroatoms. The van der Waals surface area contributed by atoms with E-state index in [0.717, 1.165) is 13.1 Å². The molecule has 1 aromatic carbocycles. The van der Waals surface area contributed by atoms with Crippen molar-refractivity contribution in [2.45, 2.75) is 33.1 Å². The van der Waals surface area contributed by atoms with Crippen LogP contribution in [0.15, 0.2) is 30.3 Å². The molecule has 0 aliphatic rings. The Hall–Kier alpha value is -1.88. The van der Waals surface area contributed by atoms with Gasteiger partial charge in [0.2, 0.25) is 0 Å². The lowest BCUT2D eigenvalue weighted by Crippen LogP contribution is -2.09. The van der Waals surface area contributed by atoms with Crippen LogP contribution in [0.4, 0.5) is 0 Å². The van der Waals surface area contributed by atoms with Crippen LogP contribution in [0.5, 0.6) is 5.75 Å². The second-order valence-corrected chi connectivity index (χ2v) is 3.99. The fraction of sp³-hybridized carbons (Fsp3) is 0.467. The van der Waals surface area contributed by atoms with Crippen LogP contribution in [-0.4, -0.2) is 30.1 Å². The van der Waals surface area contributed by atoms with Gasteiger partial charge in [0.1, 0.15) is 5.75 Å². The molecule has 20 heavy (non-hydrogen) atoms. The van der Waals surface area contributed by atoms with Crippen LogP contribution in [0, 0.1) is 0 Å². The van der Waals surface area contributed by atoms with Gasteiger partial charge in [-0.1, -0.05) is 32.0 Å². The number of rotatable bonds is 7. The fourth-order valence-corrected chi connectivity index (χ4v) is 1.30. The zero-order valence-electron chi connectivity index (χ0n) is 12.1. The average molecular weight is 281 g/mol. The molecule has 0 atom stereocenters. The molecule has 1 aromatic rings. The number of hydrogen-bond donors (Lipinski definition) is 2. The molecular weight excluding hydrogens is 258 g/mol. The van der Waals surface area contributed by atoms with Gasteiger partial charge in [-0.3, -0.25) is 9.59 Å². The molecule has 5 nitrogen and oxygen atoms in total. The highest BCUT2D eigenvalue weighted by molar-refractivity contribution is 5.73. The third-order valence-corrected chi connectivity index (χ3v) is 2.25. The molecule has 2 N–H and O–H groups in total. The van der Waals surface area contributed by atoms with Crippen molar-refractivity contribution < 1.29 is 19.4 Å². The van der Waals surface area contributed by atoms with E-state index in [-0.39, 0.29) is 12.8 Å². The number of carbonyl (C=O) groups is 2. The maximum Gasteiger partial charge on any atom is 0.311 e. The van der Waals surface area contributed by atoms with Gasteiger partial charge >= 0.3 is 11.9 Å². The van der Waals surface area contributed by atoms with Gasteiger partial charge in [-0.15, -0.1) is 0 Å². The van der Waals surface area contributed by atoms with Crippen LogP contribution < -0.4 is 10.1 Å². The molecule has 0 amide bonds. The molecule has 0 radical (unpaired) electrons. The van der Waals surface area contributed by atoms with Gasteiger partial charge in [0, 0.05) is 12.8 Å². The van der Waals surface area contributed by atoms with E-state index in [9.17, 15) is 9.59 Å². The number of aliphatic carboxylic acids is 1. The van der Waals surface area contributed by atoms with E-state index in [4.69, 9.17) is 9.84 Å². The number of esters is 1. The number of para-hydroxylation sites is 1. The molecule has 112 valence electrons. The quantitative estimate of drug-likeness (QED) is 0.593. The van der Waals surface area contributed by atoms with E-state index in [0.29, 0.717) is 12.2 Å². The number of nitrogens with one attached hydrogen (secondary N) is 1. The lowest BCUT2D eigenvalue weighted by molar-refractivity contribution is -0.137. The van der Waals surface area contributed by atoms with Crippen LogP contribution in [0.1, 0.15) is 33.1 Å². The van der Waals surface area contributed by atoms with Crippen molar-refractivity contribution in [1.82, 2.24) is 5.32 Å². The van der Waals surface area contributed by atoms with E-state index < -0.39 is 11.9 Å². The maximum absolute atomic E-state index is 11.2. The minimum absolute atomic E-state index is 0.0100. The van der Waals surface area contributed by atoms with Crippen LogP contribution >= 0.6 is 0 Å². The minimum atomic E-state index is -0.900. The first kappa shape index (κ1) is 18.1. The highest BCUT2D eigenvalue weighted by atomic mass is 16.5. The third kappa shape index (κ3) is 11.2. The van der Waals surface area contributed by atoms with Crippen molar-refractivity contribution in [3.63, 3.8) is 0 Å². The van der Waals surface area contributed by atoms with Gasteiger partial charge < -0.3 is 15.2 Å². The summed E-state index contributed by atoms with van der Waals surface area (Å²) in [6.45, 7) is 6.39. The van der Waals surface area contributed by atoms with E-state index in [2.05, 4.69) is 19.2 Å². The molecule has 0 saturated heterocycles. The molecule has 0 aliphatic heterocycles. The van der Waals surface area contributed by atoms with Crippen LogP contribution in [0.3, 0.4) is 0 Å². The second kappa shape index (κ2) is 12.2. The van der Waals surface area contributed by atoms with Gasteiger partial charge in [0.25, 0.3) is 0 Å². The van der Waals surface area contributed by atoms with Gasteiger partial charge in [-0.2, -0.15) is 0 Å². The molecule has 0 saturated carbocycles. The first-order chi connectivity index (χ1) is 9.60. The van der Waals surface area contributed by atoms with Crippen molar-refractivity contribution in [2.24, 2.45) is 0 Å². The molecule has 0 aliphatic carbocycles. The summed E-state index contributed by atoms with van der Waals surface area (Å²) in [6.07, 6.45) is 0.423. The Bertz CT molecular complexity index is 377. The summed E-state index contributed by atoms with van der Waals surface area (Å²) >= 11 is 0. The Morgan fingerprint density at radius 3 is 2.15 bits per heavy atom. The molecule has 0 heterocycles. The SMILES string of the molecule is CCNCC.O=C(O)CCCC(=O)Oc1ccccc1. The van der Waals surface area contributed by atoms with Crippen molar-refractivity contribution in [1.29, 1.82) is 0 Å². The summed E-state index contributed by atoms with van der Waals surface area (Å²) in [5.41, 5.74) is 0. The third-order valence-electron chi connectivity index (χ3n) is 2.25. The Balaban J connectivity index is 0.000000621. The fourth-order valence-electron chi connectivity index (χ4n) is 1.30. The summed E-state index contributed by atoms with van der Waals surface area (Å²) in [7, 11) is 0. The van der Waals surface area contributed by atoms with E-state index in [1.807, 2.05) is 6.07 Å². The smallest absolute Gasteiger partial charge is 0.311 e. The van der Waals surface area contributed by atoms with Gasteiger partial charge in [-0.25, -0.2) is 0 Å². The summed E-state index contributed by atoms with van der Waals surface area (Å²) < 4.78 is 4.96. The zero-order valence-corrected chi connectivity index (χ0v) is 12.1. The Labute approximate surface area is 120 Å². The Morgan fingerprint density at radius 1 is 1.10 bits per heavy atom. The first-order valence-electron chi connectivity index (χ1n) is 6.78. The number of ether oxygens (including phenoxy) is 1. The molecule has 0 fully saturated rings. The minimum Gasteiger partial charge on any atom is -0.481 e. The predicted molar refractivity (Wildman–Crippen MR) is 77.8 cm³/mol. The normalized spacial score (nSPS) is 9.30. The van der Waals surface area contributed by atoms with Crippen molar-refractivity contribution >= 4 is 11.9 Å². The lowest BCUT2D eigenvalue weighted by Gasteiger charge is -2.02. The van der Waals surface area contributed by atoms with E-state index in [1.54, 1.807) is 24.3 Å². The Kier molecular flexibility index (Phi) is 11.0. The number of hydrogen-bond acceptors (Lipinski definition) is 4.